The highest BCUT2D eigenvalue weighted by Crippen LogP contribution is 2.17. The zero-order valence-corrected chi connectivity index (χ0v) is 16.2. The molecular formula is C18H23N3O5S. The second kappa shape index (κ2) is 9.96. The lowest BCUT2D eigenvalue weighted by Gasteiger charge is -2.20. The fourth-order valence-corrected chi connectivity index (χ4v) is 3.32. The first-order valence-electron chi connectivity index (χ1n) is 8.72. The van der Waals surface area contributed by atoms with Crippen molar-refractivity contribution in [1.29, 1.82) is 0 Å². The lowest BCUT2D eigenvalue weighted by molar-refractivity contribution is -0.126. The molecule has 0 spiro atoms. The van der Waals surface area contributed by atoms with Crippen LogP contribution < -0.4 is 10.2 Å². The van der Waals surface area contributed by atoms with Gasteiger partial charge >= 0.3 is 5.97 Å². The molecule has 0 saturated carbocycles. The van der Waals surface area contributed by atoms with Crippen molar-refractivity contribution in [2.75, 3.05) is 43.4 Å². The van der Waals surface area contributed by atoms with Crippen LogP contribution in [0.25, 0.3) is 0 Å². The van der Waals surface area contributed by atoms with Crippen molar-refractivity contribution in [2.45, 2.75) is 13.8 Å². The Balaban J connectivity index is 1.73. The van der Waals surface area contributed by atoms with E-state index in [9.17, 15) is 19.2 Å². The fraction of sp³-hybridized carbons (Fsp3) is 0.444. The van der Waals surface area contributed by atoms with Gasteiger partial charge in [0.25, 0.3) is 11.1 Å². The standard InChI is InChI=1S/C18H23N3O5S/c1-3-20(4-2)14-7-5-13(6-8-14)17(24)26-11-15(22)19-9-10-21-16(23)12-27-18(21)25/h5-8H,3-4,9-12H2,1-2H3,(H,19,22). The van der Waals surface area contributed by atoms with Crippen LogP contribution in [0, 0.1) is 0 Å². The van der Waals surface area contributed by atoms with Gasteiger partial charge in [-0.1, -0.05) is 11.8 Å². The Kier molecular flexibility index (Phi) is 7.66. The zero-order chi connectivity index (χ0) is 19.8. The first-order chi connectivity index (χ1) is 13.0. The maximum absolute atomic E-state index is 12.0. The fourth-order valence-electron chi connectivity index (χ4n) is 2.57. The number of thioether (sulfide) groups is 1. The van der Waals surface area contributed by atoms with Gasteiger partial charge in [0.1, 0.15) is 0 Å². The van der Waals surface area contributed by atoms with Crippen molar-refractivity contribution in [3.05, 3.63) is 29.8 Å². The molecule has 0 atom stereocenters. The van der Waals surface area contributed by atoms with Gasteiger partial charge < -0.3 is 15.0 Å². The Hall–Kier alpha value is -2.55. The minimum absolute atomic E-state index is 0.108. The molecule has 0 radical (unpaired) electrons. The van der Waals surface area contributed by atoms with Gasteiger partial charge in [-0.2, -0.15) is 0 Å². The van der Waals surface area contributed by atoms with Crippen LogP contribution >= 0.6 is 11.8 Å². The number of carbonyl (C=O) groups excluding carboxylic acids is 4. The van der Waals surface area contributed by atoms with Gasteiger partial charge in [0.05, 0.1) is 11.3 Å². The Labute approximate surface area is 162 Å². The maximum atomic E-state index is 12.0. The van der Waals surface area contributed by atoms with E-state index in [2.05, 4.69) is 24.1 Å². The molecule has 1 heterocycles. The summed E-state index contributed by atoms with van der Waals surface area (Å²) < 4.78 is 4.99. The molecule has 146 valence electrons. The van der Waals surface area contributed by atoms with Crippen LogP contribution in [0.3, 0.4) is 0 Å². The highest BCUT2D eigenvalue weighted by Gasteiger charge is 2.29. The first kappa shape index (κ1) is 20.8. The summed E-state index contributed by atoms with van der Waals surface area (Å²) in [5, 5.41) is 2.21. The largest absolute Gasteiger partial charge is 0.452 e. The molecule has 1 aromatic carbocycles. The van der Waals surface area contributed by atoms with Crippen molar-refractivity contribution in [3.63, 3.8) is 0 Å². The number of hydrogen-bond acceptors (Lipinski definition) is 7. The van der Waals surface area contributed by atoms with E-state index >= 15 is 0 Å². The summed E-state index contributed by atoms with van der Waals surface area (Å²) in [6, 6.07) is 7.00. The van der Waals surface area contributed by atoms with E-state index in [-0.39, 0.29) is 30.0 Å². The average molecular weight is 393 g/mol. The van der Waals surface area contributed by atoms with Crippen molar-refractivity contribution in [2.24, 2.45) is 0 Å². The summed E-state index contributed by atoms with van der Waals surface area (Å²) >= 11 is 0.942. The molecule has 1 saturated heterocycles. The van der Waals surface area contributed by atoms with Crippen LogP contribution in [0.15, 0.2) is 24.3 Å². The van der Waals surface area contributed by atoms with E-state index in [0.717, 1.165) is 35.4 Å². The molecule has 3 amide bonds. The molecule has 0 bridgehead atoms. The minimum atomic E-state index is -0.586. The van der Waals surface area contributed by atoms with Crippen LogP contribution in [-0.2, 0) is 14.3 Å². The normalized spacial score (nSPS) is 13.6. The molecule has 9 heteroatoms. The molecule has 0 aliphatic carbocycles. The monoisotopic (exact) mass is 393 g/mol. The third-order valence-electron chi connectivity index (χ3n) is 4.06. The summed E-state index contributed by atoms with van der Waals surface area (Å²) in [7, 11) is 0. The second-order valence-corrected chi connectivity index (χ2v) is 6.67. The topological polar surface area (TPSA) is 96.0 Å². The van der Waals surface area contributed by atoms with Gasteiger partial charge in [-0.3, -0.25) is 19.3 Å². The van der Waals surface area contributed by atoms with Gasteiger partial charge in [-0.15, -0.1) is 0 Å². The summed E-state index contributed by atoms with van der Waals surface area (Å²) in [6.45, 7) is 5.65. The molecule has 8 nitrogen and oxygen atoms in total. The number of hydrogen-bond donors (Lipinski definition) is 1. The molecule has 1 fully saturated rings. The third kappa shape index (κ3) is 5.72. The SMILES string of the molecule is CCN(CC)c1ccc(C(=O)OCC(=O)NCCN2C(=O)CSC2=O)cc1. The average Bonchev–Trinajstić information content (AvgIpc) is 2.99. The molecule has 27 heavy (non-hydrogen) atoms. The molecule has 0 unspecified atom stereocenters. The number of carbonyl (C=O) groups is 4. The first-order valence-corrected chi connectivity index (χ1v) is 9.70. The Bertz CT molecular complexity index is 687. The lowest BCUT2D eigenvalue weighted by atomic mass is 10.2. The van der Waals surface area contributed by atoms with E-state index in [4.69, 9.17) is 4.74 Å². The van der Waals surface area contributed by atoms with E-state index < -0.39 is 18.5 Å². The van der Waals surface area contributed by atoms with Crippen LogP contribution in [-0.4, -0.2) is 66.5 Å². The van der Waals surface area contributed by atoms with E-state index in [0.29, 0.717) is 5.56 Å². The highest BCUT2D eigenvalue weighted by molar-refractivity contribution is 8.14. The predicted molar refractivity (Wildman–Crippen MR) is 103 cm³/mol. The van der Waals surface area contributed by atoms with Crippen LogP contribution in [0.4, 0.5) is 10.5 Å². The van der Waals surface area contributed by atoms with E-state index in [1.54, 1.807) is 12.1 Å². The summed E-state index contributed by atoms with van der Waals surface area (Å²) in [5.74, 6) is -1.21. The summed E-state index contributed by atoms with van der Waals surface area (Å²) in [6.07, 6.45) is 0. The molecule has 1 aliphatic heterocycles. The highest BCUT2D eigenvalue weighted by atomic mass is 32.2. The number of anilines is 1. The summed E-state index contributed by atoms with van der Waals surface area (Å²) in [4.78, 5) is 49.9. The number of imide groups is 1. The van der Waals surface area contributed by atoms with Gasteiger partial charge in [-0.25, -0.2) is 4.79 Å². The van der Waals surface area contributed by atoms with Crippen molar-refractivity contribution < 1.29 is 23.9 Å². The van der Waals surface area contributed by atoms with Gasteiger partial charge in [-0.05, 0) is 38.1 Å². The van der Waals surface area contributed by atoms with E-state index in [1.165, 1.54) is 0 Å². The summed E-state index contributed by atoms with van der Waals surface area (Å²) in [5.41, 5.74) is 1.38. The van der Waals surface area contributed by atoms with Crippen LogP contribution in [0.2, 0.25) is 0 Å². The Morgan fingerprint density at radius 2 is 1.85 bits per heavy atom. The molecule has 2 rings (SSSR count). The van der Waals surface area contributed by atoms with Crippen LogP contribution in [0.1, 0.15) is 24.2 Å². The van der Waals surface area contributed by atoms with Crippen molar-refractivity contribution in [1.82, 2.24) is 10.2 Å². The van der Waals surface area contributed by atoms with Crippen LogP contribution in [0.5, 0.6) is 0 Å². The Morgan fingerprint density at radius 3 is 2.41 bits per heavy atom. The van der Waals surface area contributed by atoms with Crippen molar-refractivity contribution in [3.8, 4) is 0 Å². The molecular weight excluding hydrogens is 370 g/mol. The molecule has 0 aromatic heterocycles. The minimum Gasteiger partial charge on any atom is -0.452 e. The number of benzene rings is 1. The smallest absolute Gasteiger partial charge is 0.338 e. The third-order valence-corrected chi connectivity index (χ3v) is 4.92. The molecule has 1 aromatic rings. The van der Waals surface area contributed by atoms with E-state index in [1.807, 2.05) is 12.1 Å². The molecule has 1 N–H and O–H groups in total. The number of esters is 1. The van der Waals surface area contributed by atoms with Gasteiger partial charge in [0, 0.05) is 31.9 Å². The number of amides is 3. The lowest BCUT2D eigenvalue weighted by Crippen LogP contribution is -2.38. The molecule has 1 aliphatic rings. The number of rotatable bonds is 9. The zero-order valence-electron chi connectivity index (χ0n) is 15.4. The van der Waals surface area contributed by atoms with Gasteiger partial charge in [0.2, 0.25) is 5.91 Å². The quantitative estimate of drug-likeness (QED) is 0.635. The number of nitrogens with zero attached hydrogens (tertiary/aromatic N) is 2. The van der Waals surface area contributed by atoms with Crippen molar-refractivity contribution >= 4 is 40.5 Å². The second-order valence-electron chi connectivity index (χ2n) is 5.75. The number of nitrogens with one attached hydrogen (secondary N) is 1. The predicted octanol–water partition coefficient (Wildman–Crippen LogP) is 1.50. The number of ether oxygens (including phenoxy) is 1. The maximum Gasteiger partial charge on any atom is 0.338 e. The van der Waals surface area contributed by atoms with Gasteiger partial charge in [0.15, 0.2) is 6.61 Å². The Morgan fingerprint density at radius 1 is 1.19 bits per heavy atom.